The number of nitrogens with zero attached hydrogens (tertiary/aromatic N) is 1. The van der Waals surface area contributed by atoms with Gasteiger partial charge in [-0.2, -0.15) is 8.42 Å². The van der Waals surface area contributed by atoms with Crippen LogP contribution in [-0.4, -0.2) is 32.9 Å². The minimum absolute atomic E-state index is 0.0753. The first-order chi connectivity index (χ1) is 15.3. The van der Waals surface area contributed by atoms with Gasteiger partial charge in [-0.25, -0.2) is 8.78 Å². The Hall–Kier alpha value is -3.30. The normalized spacial score (nSPS) is 11.2. The van der Waals surface area contributed by atoms with Gasteiger partial charge in [-0.05, 0) is 59.7 Å². The lowest BCUT2D eigenvalue weighted by molar-refractivity contribution is -0.136. The molecule has 0 aromatic heterocycles. The van der Waals surface area contributed by atoms with Gasteiger partial charge in [0.1, 0.15) is 28.9 Å². The summed E-state index contributed by atoms with van der Waals surface area (Å²) < 4.78 is 60.9. The van der Waals surface area contributed by atoms with E-state index in [9.17, 15) is 22.0 Å². The Balaban J connectivity index is 1.71. The molecule has 0 radical (unpaired) electrons. The van der Waals surface area contributed by atoms with Gasteiger partial charge in [0.05, 0.1) is 0 Å². The van der Waals surface area contributed by atoms with E-state index in [-0.39, 0.29) is 42.1 Å². The van der Waals surface area contributed by atoms with E-state index in [4.69, 9.17) is 8.92 Å². The number of amides is 1. The molecule has 0 N–H and O–H groups in total. The van der Waals surface area contributed by atoms with Crippen molar-refractivity contribution in [3.05, 3.63) is 95.6 Å². The topological polar surface area (TPSA) is 72.9 Å². The molecule has 0 bridgehead atoms. The molecule has 0 aliphatic rings. The van der Waals surface area contributed by atoms with Gasteiger partial charge in [0, 0.05) is 20.2 Å². The van der Waals surface area contributed by atoms with E-state index in [0.29, 0.717) is 0 Å². The molecule has 0 aliphatic heterocycles. The number of halogens is 2. The third-order valence-electron chi connectivity index (χ3n) is 4.51. The fraction of sp³-hybridized carbons (Fsp3) is 0.174. The molecule has 0 atom stereocenters. The van der Waals surface area contributed by atoms with Crippen molar-refractivity contribution in [2.45, 2.75) is 18.0 Å². The average molecular weight is 461 g/mol. The van der Waals surface area contributed by atoms with Crippen molar-refractivity contribution in [2.24, 2.45) is 0 Å². The molecule has 9 heteroatoms. The maximum atomic E-state index is 13.2. The van der Waals surface area contributed by atoms with E-state index in [2.05, 4.69) is 0 Å². The number of hydrogen-bond acceptors (Lipinski definition) is 5. The van der Waals surface area contributed by atoms with E-state index in [0.717, 1.165) is 35.4 Å². The van der Waals surface area contributed by atoms with Gasteiger partial charge in [0.25, 0.3) is 0 Å². The summed E-state index contributed by atoms with van der Waals surface area (Å²) >= 11 is 0. The lowest BCUT2D eigenvalue weighted by Gasteiger charge is -2.23. The Kier molecular flexibility index (Phi) is 7.55. The Morgan fingerprint density at radius 2 is 1.28 bits per heavy atom. The van der Waals surface area contributed by atoms with Crippen LogP contribution >= 0.6 is 0 Å². The predicted molar refractivity (Wildman–Crippen MR) is 113 cm³/mol. The standard InChI is InChI=1S/C23H21F2NO5S/c1-30-16-23(27)26(14-17-2-6-19(24)7-3-17)15-18-4-10-21(11-5-18)31-32(28,29)22-12-8-20(25)9-13-22/h2-13H,14-16H2,1H3. The van der Waals surface area contributed by atoms with Crippen LogP contribution in [-0.2, 0) is 32.7 Å². The molecule has 168 valence electrons. The van der Waals surface area contributed by atoms with Crippen LogP contribution in [0.4, 0.5) is 8.78 Å². The smallest absolute Gasteiger partial charge is 0.339 e. The van der Waals surface area contributed by atoms with Crippen molar-refractivity contribution in [3.8, 4) is 5.75 Å². The minimum atomic E-state index is -4.11. The van der Waals surface area contributed by atoms with Crippen molar-refractivity contribution in [1.29, 1.82) is 0 Å². The molecule has 0 unspecified atom stereocenters. The molecule has 6 nitrogen and oxygen atoms in total. The number of ether oxygens (including phenoxy) is 1. The minimum Gasteiger partial charge on any atom is -0.379 e. The number of rotatable bonds is 9. The van der Waals surface area contributed by atoms with E-state index >= 15 is 0 Å². The van der Waals surface area contributed by atoms with Crippen LogP contribution in [0.2, 0.25) is 0 Å². The van der Waals surface area contributed by atoms with E-state index in [1.54, 1.807) is 29.2 Å². The van der Waals surface area contributed by atoms with Crippen molar-refractivity contribution >= 4 is 16.0 Å². The summed E-state index contributed by atoms with van der Waals surface area (Å²) in [6.07, 6.45) is 0. The highest BCUT2D eigenvalue weighted by molar-refractivity contribution is 7.87. The fourth-order valence-corrected chi connectivity index (χ4v) is 3.83. The second-order valence-electron chi connectivity index (χ2n) is 6.94. The summed E-state index contributed by atoms with van der Waals surface area (Å²) in [6.45, 7) is 0.364. The molecule has 32 heavy (non-hydrogen) atoms. The summed E-state index contributed by atoms with van der Waals surface area (Å²) in [6, 6.07) is 16.3. The number of benzene rings is 3. The Labute approximate surface area is 185 Å². The van der Waals surface area contributed by atoms with Gasteiger partial charge in [0.15, 0.2) is 0 Å². The van der Waals surface area contributed by atoms with Crippen LogP contribution in [0.1, 0.15) is 11.1 Å². The van der Waals surface area contributed by atoms with Gasteiger partial charge in [-0.15, -0.1) is 0 Å². The SMILES string of the molecule is COCC(=O)N(Cc1ccc(F)cc1)Cc1ccc(OS(=O)(=O)c2ccc(F)cc2)cc1. The van der Waals surface area contributed by atoms with E-state index in [1.807, 2.05) is 0 Å². The summed E-state index contributed by atoms with van der Waals surface area (Å²) in [7, 11) is -2.69. The molecule has 0 saturated carbocycles. The number of methoxy groups -OCH3 is 1. The van der Waals surface area contributed by atoms with Crippen molar-refractivity contribution < 1.29 is 30.9 Å². The van der Waals surface area contributed by atoms with E-state index in [1.165, 1.54) is 31.4 Å². The molecule has 0 spiro atoms. The summed E-state index contributed by atoms with van der Waals surface area (Å²) in [4.78, 5) is 13.8. The zero-order valence-corrected chi connectivity index (χ0v) is 18.0. The van der Waals surface area contributed by atoms with Gasteiger partial charge in [-0.3, -0.25) is 4.79 Å². The largest absolute Gasteiger partial charge is 0.379 e. The highest BCUT2D eigenvalue weighted by Crippen LogP contribution is 2.21. The second-order valence-corrected chi connectivity index (χ2v) is 8.49. The number of carbonyl (C=O) groups excluding carboxylic acids is 1. The number of carbonyl (C=O) groups is 1. The lowest BCUT2D eigenvalue weighted by atomic mass is 10.1. The quantitative estimate of drug-likeness (QED) is 0.452. The monoisotopic (exact) mass is 461 g/mol. The molecule has 0 saturated heterocycles. The van der Waals surface area contributed by atoms with Crippen LogP contribution in [0.5, 0.6) is 5.75 Å². The van der Waals surface area contributed by atoms with Crippen LogP contribution in [0, 0.1) is 11.6 Å². The lowest BCUT2D eigenvalue weighted by Crippen LogP contribution is -2.32. The molecule has 0 heterocycles. The van der Waals surface area contributed by atoms with Crippen LogP contribution < -0.4 is 4.18 Å². The molecule has 0 fully saturated rings. The molecular formula is C23H21F2NO5S. The highest BCUT2D eigenvalue weighted by Gasteiger charge is 2.18. The van der Waals surface area contributed by atoms with Crippen LogP contribution in [0.3, 0.4) is 0 Å². The first-order valence-corrected chi connectivity index (χ1v) is 11.0. The van der Waals surface area contributed by atoms with Crippen molar-refractivity contribution in [2.75, 3.05) is 13.7 Å². The van der Waals surface area contributed by atoms with Gasteiger partial charge in [-0.1, -0.05) is 24.3 Å². The Morgan fingerprint density at radius 1 is 0.812 bits per heavy atom. The third kappa shape index (κ3) is 6.35. The molecular weight excluding hydrogens is 440 g/mol. The maximum Gasteiger partial charge on any atom is 0.339 e. The first-order valence-electron chi connectivity index (χ1n) is 9.57. The van der Waals surface area contributed by atoms with Gasteiger partial charge >= 0.3 is 10.1 Å². The van der Waals surface area contributed by atoms with Gasteiger partial charge < -0.3 is 13.8 Å². The first kappa shape index (κ1) is 23.4. The number of hydrogen-bond donors (Lipinski definition) is 0. The summed E-state index contributed by atoms with van der Waals surface area (Å²) in [5.74, 6) is -1.10. The van der Waals surface area contributed by atoms with Crippen LogP contribution in [0.15, 0.2) is 77.7 Å². The highest BCUT2D eigenvalue weighted by atomic mass is 32.2. The molecule has 1 amide bonds. The van der Waals surface area contributed by atoms with Crippen molar-refractivity contribution in [3.63, 3.8) is 0 Å². The van der Waals surface area contributed by atoms with Crippen molar-refractivity contribution in [1.82, 2.24) is 4.90 Å². The predicted octanol–water partition coefficient (Wildman–Crippen LogP) is 3.91. The summed E-state index contributed by atoms with van der Waals surface area (Å²) in [5.41, 5.74) is 1.48. The Bertz CT molecular complexity index is 1150. The molecule has 3 rings (SSSR count). The zero-order chi connectivity index (χ0) is 23.1. The van der Waals surface area contributed by atoms with Crippen LogP contribution in [0.25, 0.3) is 0 Å². The summed E-state index contributed by atoms with van der Waals surface area (Å²) in [5, 5.41) is 0. The third-order valence-corrected chi connectivity index (χ3v) is 5.77. The average Bonchev–Trinajstić information content (AvgIpc) is 2.76. The fourth-order valence-electron chi connectivity index (χ4n) is 2.90. The second kappa shape index (κ2) is 10.3. The molecule has 3 aromatic rings. The Morgan fingerprint density at radius 3 is 1.78 bits per heavy atom. The van der Waals surface area contributed by atoms with Gasteiger partial charge in [0.2, 0.25) is 5.91 Å². The molecule has 0 aliphatic carbocycles. The maximum absolute atomic E-state index is 13.2. The molecule has 3 aromatic carbocycles. The van der Waals surface area contributed by atoms with E-state index < -0.39 is 15.9 Å². The zero-order valence-electron chi connectivity index (χ0n) is 17.2.